The van der Waals surface area contributed by atoms with Crippen molar-refractivity contribution in [3.8, 4) is 0 Å². The molecule has 0 amide bonds. The van der Waals surface area contributed by atoms with Crippen molar-refractivity contribution >= 4 is 20.3 Å². The van der Waals surface area contributed by atoms with E-state index < -0.39 is 56.4 Å². The molecule has 336 valence electrons. The van der Waals surface area contributed by atoms with Gasteiger partial charge in [0, 0.05) is 45.5 Å². The molecule has 12 heteroatoms. The molecule has 0 radical (unpaired) electrons. The van der Waals surface area contributed by atoms with Gasteiger partial charge >= 0.3 is 11.9 Å². The highest BCUT2D eigenvalue weighted by Crippen LogP contribution is 2.40. The summed E-state index contributed by atoms with van der Waals surface area (Å²) in [6.07, 6.45) is 9.91. The standard InChI is InChI=1S/C46H82O11Si/c1-17-39(49-16)34(10)44-40(53-44)30-45(14,55-36(12)50-18-2)27-22-23-32(8)43-33(9)24-25-41(52-35(11)47)46(15,56-37(13)51-19-3)28-26-38(29-42(48)54-43)57-58(20-4,21-5)31(6)7/h22-25,27,31,33-34,36-41,43-44H,17-21,26,28-30H2,1-16H3. The van der Waals surface area contributed by atoms with E-state index in [4.69, 9.17) is 42.3 Å². The number of methoxy groups -OCH3 is 1. The second kappa shape index (κ2) is 24.5. The van der Waals surface area contributed by atoms with Gasteiger partial charge in [-0.15, -0.1) is 0 Å². The lowest BCUT2D eigenvalue weighted by Crippen LogP contribution is -2.48. The van der Waals surface area contributed by atoms with Gasteiger partial charge in [0.1, 0.15) is 17.8 Å². The molecule has 58 heavy (non-hydrogen) atoms. The van der Waals surface area contributed by atoms with Crippen LogP contribution in [-0.4, -0.2) is 101 Å². The zero-order valence-corrected chi connectivity index (χ0v) is 40.1. The quantitative estimate of drug-likeness (QED) is 0.0244. The Hall–Kier alpha value is -1.90. The first-order valence-electron chi connectivity index (χ1n) is 22.1. The predicted molar refractivity (Wildman–Crippen MR) is 232 cm³/mol. The van der Waals surface area contributed by atoms with Crippen LogP contribution in [0.15, 0.2) is 36.0 Å². The number of carbonyl (C=O) groups excluding carboxylic acids is 2. The summed E-state index contributed by atoms with van der Waals surface area (Å²) in [6.45, 7) is 31.1. The molecule has 12 unspecified atom stereocenters. The Labute approximate surface area is 353 Å². The van der Waals surface area contributed by atoms with Gasteiger partial charge < -0.3 is 42.3 Å². The molecule has 0 N–H and O–H groups in total. The Morgan fingerprint density at radius 3 is 2.21 bits per heavy atom. The second-order valence-corrected chi connectivity index (χ2v) is 22.1. The van der Waals surface area contributed by atoms with E-state index in [0.29, 0.717) is 38.0 Å². The SMILES string of the molecule is CCOC(C)OC(C)(C=CC=C(C)C1OC(=O)CC(O[Si](CC)(CC)C(C)C)CCC(C)(OC(C)OCC)C(OC(C)=O)C=CC1C)CC1OC1C(C)C(CC)OC. The summed E-state index contributed by atoms with van der Waals surface area (Å²) in [5.74, 6) is -0.774. The molecule has 0 aromatic rings. The van der Waals surface area contributed by atoms with Crippen LogP contribution in [0, 0.1) is 11.8 Å². The summed E-state index contributed by atoms with van der Waals surface area (Å²) in [4.78, 5) is 26.6. The van der Waals surface area contributed by atoms with Crippen LogP contribution in [0.1, 0.15) is 136 Å². The van der Waals surface area contributed by atoms with Gasteiger partial charge in [0.2, 0.25) is 0 Å². The van der Waals surface area contributed by atoms with Crippen molar-refractivity contribution < 1.29 is 51.9 Å². The van der Waals surface area contributed by atoms with E-state index in [-0.39, 0.29) is 42.5 Å². The van der Waals surface area contributed by atoms with Crippen LogP contribution < -0.4 is 0 Å². The molecule has 2 aliphatic heterocycles. The van der Waals surface area contributed by atoms with Gasteiger partial charge in [0.25, 0.3) is 0 Å². The summed E-state index contributed by atoms with van der Waals surface area (Å²) in [6, 6.07) is 1.86. The van der Waals surface area contributed by atoms with Gasteiger partial charge in [0.05, 0.1) is 36.4 Å². The van der Waals surface area contributed by atoms with Gasteiger partial charge in [-0.2, -0.15) is 0 Å². The minimum atomic E-state index is -2.22. The summed E-state index contributed by atoms with van der Waals surface area (Å²) in [7, 11) is -0.470. The lowest BCUT2D eigenvalue weighted by molar-refractivity contribution is -0.227. The Kier molecular flexibility index (Phi) is 22.1. The molecule has 0 aromatic heterocycles. The fraction of sp³-hybridized carbons (Fsp3) is 0.826. The van der Waals surface area contributed by atoms with Crippen LogP contribution >= 0.6 is 0 Å². The van der Waals surface area contributed by atoms with Crippen molar-refractivity contribution in [1.82, 2.24) is 0 Å². The molecule has 2 heterocycles. The number of allylic oxidation sites excluding steroid dienone is 2. The van der Waals surface area contributed by atoms with Gasteiger partial charge in [-0.25, -0.2) is 0 Å². The van der Waals surface area contributed by atoms with Crippen LogP contribution in [0.4, 0.5) is 0 Å². The van der Waals surface area contributed by atoms with E-state index in [2.05, 4.69) is 48.5 Å². The number of carbonyl (C=O) groups is 2. The highest BCUT2D eigenvalue weighted by atomic mass is 28.4. The molecular formula is C46H82O11Si. The van der Waals surface area contributed by atoms with Crippen molar-refractivity contribution in [1.29, 1.82) is 0 Å². The fourth-order valence-corrected chi connectivity index (χ4v) is 12.2. The number of rotatable bonds is 23. The molecule has 0 saturated carbocycles. The Bertz CT molecular complexity index is 1330. The van der Waals surface area contributed by atoms with E-state index in [9.17, 15) is 9.59 Å². The van der Waals surface area contributed by atoms with Crippen molar-refractivity contribution in [2.24, 2.45) is 11.8 Å². The minimum absolute atomic E-state index is 0.0228. The normalized spacial score (nSPS) is 29.5. The highest BCUT2D eigenvalue weighted by molar-refractivity contribution is 6.75. The van der Waals surface area contributed by atoms with E-state index >= 15 is 0 Å². The van der Waals surface area contributed by atoms with Crippen molar-refractivity contribution in [3.05, 3.63) is 36.0 Å². The summed E-state index contributed by atoms with van der Waals surface area (Å²) < 4.78 is 56.1. The topological polar surface area (TPSA) is 121 Å². The predicted octanol–water partition coefficient (Wildman–Crippen LogP) is 10.0. The van der Waals surface area contributed by atoms with E-state index in [1.54, 1.807) is 7.11 Å². The maximum atomic E-state index is 14.0. The first-order valence-corrected chi connectivity index (χ1v) is 24.5. The highest BCUT2D eigenvalue weighted by Gasteiger charge is 2.49. The molecule has 0 bridgehead atoms. The average molecular weight is 839 g/mol. The fourth-order valence-electron chi connectivity index (χ4n) is 8.63. The molecular weight excluding hydrogens is 757 g/mol. The van der Waals surface area contributed by atoms with Crippen LogP contribution in [0.3, 0.4) is 0 Å². The third kappa shape index (κ3) is 15.8. The molecule has 1 saturated heterocycles. The number of epoxide rings is 1. The summed E-state index contributed by atoms with van der Waals surface area (Å²) in [5.41, 5.74) is -0.480. The van der Waals surface area contributed by atoms with Crippen LogP contribution in [0.5, 0.6) is 0 Å². The van der Waals surface area contributed by atoms with Crippen LogP contribution in [0.25, 0.3) is 0 Å². The van der Waals surface area contributed by atoms with Gasteiger partial charge in [-0.05, 0) is 97.0 Å². The zero-order valence-electron chi connectivity index (χ0n) is 39.1. The molecule has 1 fully saturated rings. The maximum Gasteiger partial charge on any atom is 0.308 e. The number of esters is 2. The zero-order chi connectivity index (χ0) is 43.8. The van der Waals surface area contributed by atoms with Crippen LogP contribution in [0.2, 0.25) is 17.6 Å². The first kappa shape index (κ1) is 52.2. The Morgan fingerprint density at radius 2 is 1.66 bits per heavy atom. The smallest absolute Gasteiger partial charge is 0.308 e. The number of cyclic esters (lactones) is 1. The third-order valence-corrected chi connectivity index (χ3v) is 17.5. The van der Waals surface area contributed by atoms with Gasteiger partial charge in [0.15, 0.2) is 20.9 Å². The average Bonchev–Trinajstić information content (AvgIpc) is 3.91. The molecule has 2 aliphatic rings. The molecule has 11 nitrogen and oxygen atoms in total. The number of ether oxygens (including phenoxy) is 8. The van der Waals surface area contributed by atoms with E-state index in [1.807, 2.05) is 78.8 Å². The van der Waals surface area contributed by atoms with Crippen molar-refractivity contribution in [2.45, 2.75) is 214 Å². The third-order valence-electron chi connectivity index (χ3n) is 12.2. The Balaban J connectivity index is 2.59. The molecule has 2 rings (SSSR count). The largest absolute Gasteiger partial charge is 0.457 e. The van der Waals surface area contributed by atoms with Gasteiger partial charge in [-0.1, -0.05) is 72.8 Å². The van der Waals surface area contributed by atoms with Gasteiger partial charge in [-0.3, -0.25) is 9.59 Å². The Morgan fingerprint density at radius 1 is 1.02 bits per heavy atom. The van der Waals surface area contributed by atoms with E-state index in [1.165, 1.54) is 6.92 Å². The summed E-state index contributed by atoms with van der Waals surface area (Å²) in [5, 5.41) is 0. The number of hydrogen-bond acceptors (Lipinski definition) is 11. The lowest BCUT2D eigenvalue weighted by Gasteiger charge is -2.41. The molecule has 0 aromatic carbocycles. The monoisotopic (exact) mass is 839 g/mol. The lowest BCUT2D eigenvalue weighted by atomic mass is 9.88. The summed E-state index contributed by atoms with van der Waals surface area (Å²) >= 11 is 0. The minimum Gasteiger partial charge on any atom is -0.457 e. The molecule has 12 atom stereocenters. The second-order valence-electron chi connectivity index (χ2n) is 17.2. The maximum absolute atomic E-state index is 14.0. The molecule has 0 aliphatic carbocycles. The van der Waals surface area contributed by atoms with Crippen molar-refractivity contribution in [3.63, 3.8) is 0 Å². The first-order chi connectivity index (χ1) is 27.3. The molecule has 0 spiro atoms. The number of hydrogen-bond donors (Lipinski definition) is 0. The van der Waals surface area contributed by atoms with Crippen molar-refractivity contribution in [2.75, 3.05) is 20.3 Å². The van der Waals surface area contributed by atoms with E-state index in [0.717, 1.165) is 24.1 Å². The van der Waals surface area contributed by atoms with Crippen LogP contribution in [-0.2, 0) is 51.9 Å².